The first kappa shape index (κ1) is 10.9. The molecule has 1 saturated heterocycles. The molecule has 1 aromatic rings. The molecule has 1 fully saturated rings. The smallest absolute Gasteiger partial charge is 0.387 e. The summed E-state index contributed by atoms with van der Waals surface area (Å²) in [6, 6.07) is 6.30. The molecule has 1 N–H and O–H groups in total. The number of benzene rings is 1. The van der Waals surface area contributed by atoms with Crippen molar-refractivity contribution in [3.8, 4) is 5.75 Å². The minimum absolute atomic E-state index is 0.0585. The second-order valence-corrected chi connectivity index (χ2v) is 3.58. The van der Waals surface area contributed by atoms with E-state index in [1.165, 1.54) is 6.07 Å². The second kappa shape index (κ2) is 4.47. The van der Waals surface area contributed by atoms with Crippen LogP contribution in [-0.4, -0.2) is 12.5 Å². The Bertz CT molecular complexity index is 395. The van der Waals surface area contributed by atoms with E-state index >= 15 is 0 Å². The molecule has 0 aliphatic carbocycles. The Labute approximate surface area is 91.4 Å². The van der Waals surface area contributed by atoms with Gasteiger partial charge >= 0.3 is 6.61 Å². The fraction of sp³-hybridized carbons (Fsp3) is 0.364. The summed E-state index contributed by atoms with van der Waals surface area (Å²) in [6.45, 7) is -2.85. The number of hydrogen-bond donors (Lipinski definition) is 1. The lowest BCUT2D eigenvalue weighted by molar-refractivity contribution is -0.119. The highest BCUT2D eigenvalue weighted by Gasteiger charge is 2.25. The van der Waals surface area contributed by atoms with Gasteiger partial charge in [-0.15, -0.1) is 0 Å². The van der Waals surface area contributed by atoms with Crippen molar-refractivity contribution >= 4 is 5.91 Å². The summed E-state index contributed by atoms with van der Waals surface area (Å²) < 4.78 is 28.7. The Morgan fingerprint density at radius 3 is 2.75 bits per heavy atom. The van der Waals surface area contributed by atoms with Crippen LogP contribution < -0.4 is 10.1 Å². The van der Waals surface area contributed by atoms with E-state index in [1.54, 1.807) is 18.2 Å². The second-order valence-electron chi connectivity index (χ2n) is 3.58. The minimum atomic E-state index is -2.85. The van der Waals surface area contributed by atoms with Gasteiger partial charge in [0.15, 0.2) is 0 Å². The van der Waals surface area contributed by atoms with Crippen LogP contribution in [0.4, 0.5) is 8.78 Å². The largest absolute Gasteiger partial charge is 0.434 e. The lowest BCUT2D eigenvalue weighted by Crippen LogP contribution is -2.19. The zero-order valence-electron chi connectivity index (χ0n) is 8.45. The molecule has 1 aliphatic rings. The van der Waals surface area contributed by atoms with Crippen LogP contribution >= 0.6 is 0 Å². The summed E-state index contributed by atoms with van der Waals surface area (Å²) in [7, 11) is 0. The molecule has 0 spiro atoms. The number of alkyl halides is 2. The lowest BCUT2D eigenvalue weighted by atomic mass is 10.0. The number of para-hydroxylation sites is 1. The summed E-state index contributed by atoms with van der Waals surface area (Å²) in [6.07, 6.45) is 1.04. The zero-order valence-corrected chi connectivity index (χ0v) is 8.45. The molecular formula is C11H11F2NO2. The summed E-state index contributed by atoms with van der Waals surface area (Å²) in [5.41, 5.74) is 0.605. The molecule has 1 aliphatic heterocycles. The molecule has 0 unspecified atom stereocenters. The fourth-order valence-corrected chi connectivity index (χ4v) is 1.82. The Morgan fingerprint density at radius 2 is 2.12 bits per heavy atom. The number of hydrogen-bond acceptors (Lipinski definition) is 2. The van der Waals surface area contributed by atoms with Crippen molar-refractivity contribution in [2.45, 2.75) is 25.5 Å². The van der Waals surface area contributed by atoms with Gasteiger partial charge in [0.25, 0.3) is 0 Å². The average molecular weight is 227 g/mol. The van der Waals surface area contributed by atoms with Gasteiger partial charge in [0, 0.05) is 12.0 Å². The molecule has 1 amide bonds. The van der Waals surface area contributed by atoms with Crippen molar-refractivity contribution in [1.29, 1.82) is 0 Å². The molecule has 86 valence electrons. The summed E-state index contributed by atoms with van der Waals surface area (Å²) in [5.74, 6) is 0.0709. The molecule has 1 aromatic carbocycles. The summed E-state index contributed by atoms with van der Waals surface area (Å²) in [4.78, 5) is 11.1. The van der Waals surface area contributed by atoms with Crippen LogP contribution in [0.2, 0.25) is 0 Å². The van der Waals surface area contributed by atoms with Crippen molar-refractivity contribution in [2.24, 2.45) is 0 Å². The van der Waals surface area contributed by atoms with Gasteiger partial charge in [0.05, 0.1) is 6.04 Å². The standard InChI is InChI=1S/C11H11F2NO2/c12-11(13)16-9-4-2-1-3-7(9)8-5-6-10(15)14-8/h1-4,8,11H,5-6H2,(H,14,15)/t8-/m1/s1. The third-order valence-corrected chi connectivity index (χ3v) is 2.51. The molecule has 3 nitrogen and oxygen atoms in total. The van der Waals surface area contributed by atoms with Gasteiger partial charge < -0.3 is 10.1 Å². The van der Waals surface area contributed by atoms with Crippen molar-refractivity contribution in [2.75, 3.05) is 0 Å². The van der Waals surface area contributed by atoms with E-state index in [2.05, 4.69) is 10.1 Å². The molecule has 0 saturated carbocycles. The molecule has 1 heterocycles. The van der Waals surface area contributed by atoms with Crippen LogP contribution in [0.5, 0.6) is 5.75 Å². The highest BCUT2D eigenvalue weighted by molar-refractivity contribution is 5.78. The van der Waals surface area contributed by atoms with E-state index < -0.39 is 6.61 Å². The maximum Gasteiger partial charge on any atom is 0.387 e. The first-order valence-electron chi connectivity index (χ1n) is 5.00. The summed E-state index contributed by atoms with van der Waals surface area (Å²) >= 11 is 0. The van der Waals surface area contributed by atoms with Crippen LogP contribution in [0.3, 0.4) is 0 Å². The molecule has 16 heavy (non-hydrogen) atoms. The average Bonchev–Trinajstić information content (AvgIpc) is 2.65. The molecule has 0 radical (unpaired) electrons. The normalized spacial score (nSPS) is 19.9. The number of ether oxygens (including phenoxy) is 1. The van der Waals surface area contributed by atoms with E-state index in [9.17, 15) is 13.6 Å². The molecule has 0 bridgehead atoms. The van der Waals surface area contributed by atoms with Gasteiger partial charge in [-0.25, -0.2) is 0 Å². The van der Waals surface area contributed by atoms with Crippen molar-refractivity contribution in [1.82, 2.24) is 5.32 Å². The number of nitrogens with one attached hydrogen (secondary N) is 1. The quantitative estimate of drug-likeness (QED) is 0.859. The predicted octanol–water partition coefficient (Wildman–Crippen LogP) is 2.24. The number of rotatable bonds is 3. The SMILES string of the molecule is O=C1CC[C@H](c2ccccc2OC(F)F)N1. The fourth-order valence-electron chi connectivity index (χ4n) is 1.82. The van der Waals surface area contributed by atoms with Gasteiger partial charge in [-0.2, -0.15) is 8.78 Å². The predicted molar refractivity (Wildman–Crippen MR) is 53.2 cm³/mol. The maximum atomic E-state index is 12.2. The van der Waals surface area contributed by atoms with Gasteiger partial charge in [0.1, 0.15) is 5.75 Å². The molecule has 5 heteroatoms. The molecule has 1 atom stereocenters. The van der Waals surface area contributed by atoms with Gasteiger partial charge in [-0.05, 0) is 12.5 Å². The van der Waals surface area contributed by atoms with Crippen molar-refractivity contribution in [3.63, 3.8) is 0 Å². The number of carbonyl (C=O) groups is 1. The molecular weight excluding hydrogens is 216 g/mol. The van der Waals surface area contributed by atoms with E-state index in [-0.39, 0.29) is 17.7 Å². The van der Waals surface area contributed by atoms with Gasteiger partial charge in [-0.3, -0.25) is 4.79 Å². The maximum absolute atomic E-state index is 12.2. The van der Waals surface area contributed by atoms with E-state index in [4.69, 9.17) is 0 Å². The Kier molecular flexibility index (Phi) is 3.03. The Hall–Kier alpha value is -1.65. The van der Waals surface area contributed by atoms with Crippen LogP contribution in [0, 0.1) is 0 Å². The number of halogens is 2. The third-order valence-electron chi connectivity index (χ3n) is 2.51. The highest BCUT2D eigenvalue weighted by atomic mass is 19.3. The first-order chi connectivity index (χ1) is 7.66. The van der Waals surface area contributed by atoms with E-state index in [0.717, 1.165) is 0 Å². The summed E-state index contributed by atoms with van der Waals surface area (Å²) in [5, 5.41) is 2.72. The molecule has 0 aromatic heterocycles. The van der Waals surface area contributed by atoms with Gasteiger partial charge in [0.2, 0.25) is 5.91 Å². The van der Waals surface area contributed by atoms with Crippen LogP contribution in [-0.2, 0) is 4.79 Å². The van der Waals surface area contributed by atoms with Crippen LogP contribution in [0.25, 0.3) is 0 Å². The Balaban J connectivity index is 2.22. The van der Waals surface area contributed by atoms with E-state index in [1.807, 2.05) is 0 Å². The van der Waals surface area contributed by atoms with E-state index in [0.29, 0.717) is 18.4 Å². The third kappa shape index (κ3) is 2.29. The first-order valence-corrected chi connectivity index (χ1v) is 5.00. The zero-order chi connectivity index (χ0) is 11.5. The molecule has 2 rings (SSSR count). The Morgan fingerprint density at radius 1 is 1.38 bits per heavy atom. The van der Waals surface area contributed by atoms with Crippen molar-refractivity contribution < 1.29 is 18.3 Å². The van der Waals surface area contributed by atoms with Crippen LogP contribution in [0.1, 0.15) is 24.4 Å². The van der Waals surface area contributed by atoms with Gasteiger partial charge in [-0.1, -0.05) is 18.2 Å². The monoisotopic (exact) mass is 227 g/mol. The van der Waals surface area contributed by atoms with Crippen LogP contribution in [0.15, 0.2) is 24.3 Å². The number of amides is 1. The number of carbonyl (C=O) groups excluding carboxylic acids is 1. The topological polar surface area (TPSA) is 38.3 Å². The highest BCUT2D eigenvalue weighted by Crippen LogP contribution is 2.31. The van der Waals surface area contributed by atoms with Crippen molar-refractivity contribution in [3.05, 3.63) is 29.8 Å². The lowest BCUT2D eigenvalue weighted by Gasteiger charge is -2.15. The minimum Gasteiger partial charge on any atom is -0.434 e.